The van der Waals surface area contributed by atoms with Crippen molar-refractivity contribution in [3.8, 4) is 11.5 Å². The predicted octanol–water partition coefficient (Wildman–Crippen LogP) is 4.28. The first-order valence-corrected chi connectivity index (χ1v) is 8.66. The summed E-state index contributed by atoms with van der Waals surface area (Å²) in [4.78, 5) is 12.6. The Morgan fingerprint density at radius 2 is 2.17 bits per heavy atom. The van der Waals surface area contributed by atoms with Crippen LogP contribution in [0.3, 0.4) is 0 Å². The van der Waals surface area contributed by atoms with Gasteiger partial charge in [-0.05, 0) is 48.3 Å². The molecule has 1 N–H and O–H groups in total. The molecule has 0 spiro atoms. The number of aromatic nitrogens is 2. The summed E-state index contributed by atoms with van der Waals surface area (Å²) in [7, 11) is 1.55. The van der Waals surface area contributed by atoms with E-state index in [1.165, 1.54) is 0 Å². The molecule has 1 unspecified atom stereocenters. The van der Waals surface area contributed by atoms with Crippen molar-refractivity contribution in [1.82, 2.24) is 9.78 Å². The Morgan fingerprint density at radius 1 is 1.42 bits per heavy atom. The van der Waals surface area contributed by atoms with E-state index < -0.39 is 0 Å². The van der Waals surface area contributed by atoms with Gasteiger partial charge in [0, 0.05) is 11.6 Å². The summed E-state index contributed by atoms with van der Waals surface area (Å²) < 4.78 is 13.4. The fraction of sp³-hybridized carbons (Fsp3) is 0.412. The van der Waals surface area contributed by atoms with Crippen molar-refractivity contribution in [2.75, 3.05) is 19.0 Å². The first-order chi connectivity index (χ1) is 11.5. The molecule has 0 aliphatic heterocycles. The molecule has 1 aromatic heterocycles. The zero-order valence-corrected chi connectivity index (χ0v) is 15.9. The number of nitrogens with one attached hydrogen (secondary N) is 1. The topological polar surface area (TPSA) is 65.4 Å². The maximum absolute atomic E-state index is 12.6. The summed E-state index contributed by atoms with van der Waals surface area (Å²) in [6, 6.07) is 5.36. The third kappa shape index (κ3) is 3.90. The van der Waals surface area contributed by atoms with E-state index in [2.05, 4.69) is 40.2 Å². The highest BCUT2D eigenvalue weighted by Gasteiger charge is 2.17. The van der Waals surface area contributed by atoms with Crippen molar-refractivity contribution < 1.29 is 14.3 Å². The molecule has 6 nitrogen and oxygen atoms in total. The normalized spacial score (nSPS) is 11.9. The number of halogens is 1. The number of carbonyl (C=O) groups excluding carboxylic acids is 1. The Kier molecular flexibility index (Phi) is 6.25. The van der Waals surface area contributed by atoms with E-state index in [9.17, 15) is 4.79 Å². The lowest BCUT2D eigenvalue weighted by atomic mass is 10.2. The summed E-state index contributed by atoms with van der Waals surface area (Å²) in [5.74, 6) is 1.52. The first-order valence-electron chi connectivity index (χ1n) is 7.86. The lowest BCUT2D eigenvalue weighted by molar-refractivity contribution is 0.102. The van der Waals surface area contributed by atoms with Crippen LogP contribution in [-0.2, 0) is 0 Å². The summed E-state index contributed by atoms with van der Waals surface area (Å²) in [5, 5.41) is 7.17. The van der Waals surface area contributed by atoms with Crippen LogP contribution < -0.4 is 14.8 Å². The minimum absolute atomic E-state index is 0.205. The van der Waals surface area contributed by atoms with Crippen molar-refractivity contribution >= 4 is 27.7 Å². The molecule has 2 aromatic rings. The standard InChI is InChI=1S/C17H22BrN3O3/c1-5-11(3)21-15(7-8-19-21)20-17(22)12-9-13(18)16(24-6-2)14(10-12)23-4/h7-11H,5-6H2,1-4H3,(H,20,22). The van der Waals surface area contributed by atoms with Gasteiger partial charge in [0.1, 0.15) is 5.82 Å². The molecule has 0 saturated heterocycles. The van der Waals surface area contributed by atoms with E-state index in [4.69, 9.17) is 9.47 Å². The van der Waals surface area contributed by atoms with Crippen molar-refractivity contribution in [2.24, 2.45) is 0 Å². The monoisotopic (exact) mass is 395 g/mol. The fourth-order valence-corrected chi connectivity index (χ4v) is 2.82. The Hall–Kier alpha value is -2.02. The molecule has 0 radical (unpaired) electrons. The van der Waals surface area contributed by atoms with Crippen LogP contribution in [0.25, 0.3) is 0 Å². The largest absolute Gasteiger partial charge is 0.493 e. The highest BCUT2D eigenvalue weighted by molar-refractivity contribution is 9.10. The SMILES string of the molecule is CCOc1c(Br)cc(C(=O)Nc2ccnn2C(C)CC)cc1OC. The molecule has 0 aliphatic rings. The fourth-order valence-electron chi connectivity index (χ4n) is 2.26. The molecule has 0 fully saturated rings. The summed E-state index contributed by atoms with van der Waals surface area (Å²) in [6.45, 7) is 6.53. The van der Waals surface area contributed by atoms with Gasteiger partial charge in [-0.2, -0.15) is 5.10 Å². The number of hydrogen-bond donors (Lipinski definition) is 1. The predicted molar refractivity (Wildman–Crippen MR) is 97.0 cm³/mol. The molecule has 1 amide bonds. The number of carbonyl (C=O) groups is 1. The Morgan fingerprint density at radius 3 is 2.79 bits per heavy atom. The Bertz CT molecular complexity index is 715. The van der Waals surface area contributed by atoms with E-state index in [1.54, 1.807) is 36.2 Å². The molecular weight excluding hydrogens is 374 g/mol. The van der Waals surface area contributed by atoms with Gasteiger partial charge in [-0.3, -0.25) is 4.79 Å². The Labute approximate surface area is 150 Å². The third-order valence-corrected chi connectivity index (χ3v) is 4.29. The van der Waals surface area contributed by atoms with E-state index in [0.29, 0.717) is 34.0 Å². The second kappa shape index (κ2) is 8.19. The van der Waals surface area contributed by atoms with Crippen LogP contribution in [0.1, 0.15) is 43.6 Å². The van der Waals surface area contributed by atoms with Crippen LogP contribution in [0.5, 0.6) is 11.5 Å². The number of hydrogen-bond acceptors (Lipinski definition) is 4. The number of amides is 1. The maximum atomic E-state index is 12.6. The van der Waals surface area contributed by atoms with Gasteiger partial charge in [0.15, 0.2) is 11.5 Å². The molecule has 24 heavy (non-hydrogen) atoms. The molecule has 1 atom stereocenters. The molecule has 7 heteroatoms. The maximum Gasteiger partial charge on any atom is 0.256 e. The lowest BCUT2D eigenvalue weighted by Crippen LogP contribution is -2.17. The van der Waals surface area contributed by atoms with Gasteiger partial charge in [0.2, 0.25) is 0 Å². The molecular formula is C17H22BrN3O3. The molecule has 1 heterocycles. The molecule has 2 rings (SSSR count). The zero-order valence-electron chi connectivity index (χ0n) is 14.3. The molecule has 0 bridgehead atoms. The van der Waals surface area contributed by atoms with E-state index in [-0.39, 0.29) is 11.9 Å². The first kappa shape index (κ1) is 18.3. The van der Waals surface area contributed by atoms with Gasteiger partial charge in [-0.1, -0.05) is 6.92 Å². The van der Waals surface area contributed by atoms with Crippen LogP contribution >= 0.6 is 15.9 Å². The van der Waals surface area contributed by atoms with E-state index in [1.807, 2.05) is 6.92 Å². The summed E-state index contributed by atoms with van der Waals surface area (Å²) in [5.41, 5.74) is 0.471. The number of benzene rings is 1. The van der Waals surface area contributed by atoms with Gasteiger partial charge < -0.3 is 14.8 Å². The van der Waals surface area contributed by atoms with Gasteiger partial charge in [-0.25, -0.2) is 4.68 Å². The highest BCUT2D eigenvalue weighted by Crippen LogP contribution is 2.36. The number of methoxy groups -OCH3 is 1. The summed E-state index contributed by atoms with van der Waals surface area (Å²) in [6.07, 6.45) is 2.60. The Balaban J connectivity index is 2.28. The van der Waals surface area contributed by atoms with Gasteiger partial charge in [0.05, 0.1) is 30.4 Å². The highest BCUT2D eigenvalue weighted by atomic mass is 79.9. The number of nitrogens with zero attached hydrogens (tertiary/aromatic N) is 2. The minimum Gasteiger partial charge on any atom is -0.493 e. The average molecular weight is 396 g/mol. The smallest absolute Gasteiger partial charge is 0.256 e. The van der Waals surface area contributed by atoms with Crippen LogP contribution in [0, 0.1) is 0 Å². The van der Waals surface area contributed by atoms with Crippen molar-refractivity contribution in [1.29, 1.82) is 0 Å². The van der Waals surface area contributed by atoms with Gasteiger partial charge >= 0.3 is 0 Å². The number of ether oxygens (including phenoxy) is 2. The van der Waals surface area contributed by atoms with Gasteiger partial charge in [0.25, 0.3) is 5.91 Å². The zero-order chi connectivity index (χ0) is 17.7. The molecule has 1 aromatic carbocycles. The minimum atomic E-state index is -0.234. The van der Waals surface area contributed by atoms with Crippen molar-refractivity contribution in [2.45, 2.75) is 33.2 Å². The molecule has 130 valence electrons. The van der Waals surface area contributed by atoms with Gasteiger partial charge in [-0.15, -0.1) is 0 Å². The average Bonchev–Trinajstić information content (AvgIpc) is 3.03. The van der Waals surface area contributed by atoms with Crippen LogP contribution in [0.15, 0.2) is 28.9 Å². The van der Waals surface area contributed by atoms with Crippen LogP contribution in [-0.4, -0.2) is 29.4 Å². The summed E-state index contributed by atoms with van der Waals surface area (Å²) >= 11 is 3.43. The third-order valence-electron chi connectivity index (χ3n) is 3.70. The van der Waals surface area contributed by atoms with Crippen LogP contribution in [0.2, 0.25) is 0 Å². The van der Waals surface area contributed by atoms with E-state index >= 15 is 0 Å². The van der Waals surface area contributed by atoms with Crippen LogP contribution in [0.4, 0.5) is 5.82 Å². The van der Waals surface area contributed by atoms with Crippen molar-refractivity contribution in [3.05, 3.63) is 34.4 Å². The second-order valence-electron chi connectivity index (χ2n) is 5.29. The van der Waals surface area contributed by atoms with E-state index in [0.717, 1.165) is 6.42 Å². The molecule has 0 aliphatic carbocycles. The number of rotatable bonds is 7. The van der Waals surface area contributed by atoms with Crippen molar-refractivity contribution in [3.63, 3.8) is 0 Å². The second-order valence-corrected chi connectivity index (χ2v) is 6.15. The quantitative estimate of drug-likeness (QED) is 0.759. The number of anilines is 1. The molecule has 0 saturated carbocycles. The lowest BCUT2D eigenvalue weighted by Gasteiger charge is -2.15.